The second kappa shape index (κ2) is 9.43. The van der Waals surface area contributed by atoms with E-state index < -0.39 is 0 Å². The van der Waals surface area contributed by atoms with E-state index in [0.29, 0.717) is 0 Å². The van der Waals surface area contributed by atoms with E-state index in [1.807, 2.05) is 11.3 Å². The molecule has 3 aromatic heterocycles. The molecule has 0 aliphatic rings. The van der Waals surface area contributed by atoms with Crippen LogP contribution < -0.4 is 0 Å². The molecule has 7 aromatic carbocycles. The standard InChI is InChI=1S/C42H26N2S/c1-2-11-28(12-3-1)43-37-18-7-4-13-31(37)35-25-36-32-14-5-8-19-38(32)44(40(36)26-39(35)43)29-23-21-27(22-24-29)30-16-10-17-34-33-15-6-9-20-41(33)45-42(30)34/h1-26H. The molecular weight excluding hydrogens is 565 g/mol. The van der Waals surface area contributed by atoms with Gasteiger partial charge in [0.15, 0.2) is 0 Å². The molecule has 210 valence electrons. The summed E-state index contributed by atoms with van der Waals surface area (Å²) in [5.74, 6) is 0. The molecule has 0 radical (unpaired) electrons. The van der Waals surface area contributed by atoms with Crippen LogP contribution in [0.5, 0.6) is 0 Å². The quantitative estimate of drug-likeness (QED) is 0.194. The molecule has 0 bridgehead atoms. The number of rotatable bonds is 3. The summed E-state index contributed by atoms with van der Waals surface area (Å²) in [6, 6.07) is 57.6. The summed E-state index contributed by atoms with van der Waals surface area (Å²) in [6.45, 7) is 0. The Morgan fingerprint density at radius 2 is 0.911 bits per heavy atom. The Hall–Kier alpha value is -5.64. The van der Waals surface area contributed by atoms with Crippen molar-refractivity contribution >= 4 is 75.1 Å². The average Bonchev–Trinajstić information content (AvgIpc) is 3.75. The van der Waals surface area contributed by atoms with Crippen LogP contribution in [-0.4, -0.2) is 9.13 Å². The summed E-state index contributed by atoms with van der Waals surface area (Å²) in [4.78, 5) is 0. The van der Waals surface area contributed by atoms with Gasteiger partial charge in [0.25, 0.3) is 0 Å². The largest absolute Gasteiger partial charge is 0.309 e. The predicted molar refractivity (Wildman–Crippen MR) is 193 cm³/mol. The first-order valence-electron chi connectivity index (χ1n) is 15.4. The number of hydrogen-bond acceptors (Lipinski definition) is 1. The fraction of sp³-hybridized carbons (Fsp3) is 0. The molecule has 0 amide bonds. The Morgan fingerprint density at radius 3 is 1.60 bits per heavy atom. The molecule has 0 atom stereocenters. The zero-order valence-corrected chi connectivity index (χ0v) is 25.1. The smallest absolute Gasteiger partial charge is 0.0562 e. The lowest BCUT2D eigenvalue weighted by molar-refractivity contribution is 1.16. The molecule has 0 fully saturated rings. The van der Waals surface area contributed by atoms with Gasteiger partial charge >= 0.3 is 0 Å². The van der Waals surface area contributed by atoms with Gasteiger partial charge in [-0.1, -0.05) is 103 Å². The number of hydrogen-bond donors (Lipinski definition) is 0. The summed E-state index contributed by atoms with van der Waals surface area (Å²) in [5, 5.41) is 7.75. The summed E-state index contributed by atoms with van der Waals surface area (Å²) >= 11 is 1.88. The number of thiophene rings is 1. The molecule has 0 aliphatic carbocycles. The van der Waals surface area contributed by atoms with E-state index in [4.69, 9.17) is 0 Å². The number of fused-ring (bicyclic) bond motifs is 9. The van der Waals surface area contributed by atoms with Crippen molar-refractivity contribution in [1.82, 2.24) is 9.13 Å². The predicted octanol–water partition coefficient (Wildman–Crippen LogP) is 11.9. The van der Waals surface area contributed by atoms with E-state index >= 15 is 0 Å². The molecule has 0 unspecified atom stereocenters. The van der Waals surface area contributed by atoms with Crippen molar-refractivity contribution in [2.45, 2.75) is 0 Å². The Labute approximate surface area is 263 Å². The summed E-state index contributed by atoms with van der Waals surface area (Å²) in [6.07, 6.45) is 0. The minimum absolute atomic E-state index is 1.16. The van der Waals surface area contributed by atoms with Crippen LogP contribution in [0.4, 0.5) is 0 Å². The van der Waals surface area contributed by atoms with Crippen LogP contribution in [-0.2, 0) is 0 Å². The minimum Gasteiger partial charge on any atom is -0.309 e. The van der Waals surface area contributed by atoms with E-state index in [9.17, 15) is 0 Å². The Morgan fingerprint density at radius 1 is 0.356 bits per heavy atom. The van der Waals surface area contributed by atoms with E-state index in [-0.39, 0.29) is 0 Å². The van der Waals surface area contributed by atoms with Gasteiger partial charge in [-0.05, 0) is 65.7 Å². The molecule has 3 heteroatoms. The van der Waals surface area contributed by atoms with E-state index in [0.717, 1.165) is 5.69 Å². The molecule has 0 aliphatic heterocycles. The molecule has 10 rings (SSSR count). The first kappa shape index (κ1) is 24.8. The van der Waals surface area contributed by atoms with Crippen LogP contribution in [0, 0.1) is 0 Å². The highest BCUT2D eigenvalue weighted by Crippen LogP contribution is 2.42. The van der Waals surface area contributed by atoms with Crippen molar-refractivity contribution in [3.63, 3.8) is 0 Å². The van der Waals surface area contributed by atoms with Crippen LogP contribution in [0.3, 0.4) is 0 Å². The van der Waals surface area contributed by atoms with Gasteiger partial charge in [0, 0.05) is 53.1 Å². The van der Waals surface area contributed by atoms with Crippen molar-refractivity contribution in [3.8, 4) is 22.5 Å². The topological polar surface area (TPSA) is 9.86 Å². The zero-order valence-electron chi connectivity index (χ0n) is 24.3. The van der Waals surface area contributed by atoms with Gasteiger partial charge in [-0.25, -0.2) is 0 Å². The van der Waals surface area contributed by atoms with Crippen molar-refractivity contribution in [1.29, 1.82) is 0 Å². The molecule has 2 nitrogen and oxygen atoms in total. The maximum atomic E-state index is 2.43. The highest BCUT2D eigenvalue weighted by atomic mass is 32.1. The third kappa shape index (κ3) is 3.56. The molecule has 0 saturated heterocycles. The minimum atomic E-state index is 1.16. The fourth-order valence-electron chi connectivity index (χ4n) is 7.33. The first-order chi connectivity index (χ1) is 22.3. The molecule has 0 saturated carbocycles. The SMILES string of the molecule is c1ccc(-n2c3ccccc3c3cc4c5ccccc5n(-c5ccc(-c6cccc7c6sc6ccccc67)cc5)c4cc32)cc1. The van der Waals surface area contributed by atoms with Gasteiger partial charge in [-0.3, -0.25) is 0 Å². The van der Waals surface area contributed by atoms with Crippen LogP contribution in [0.1, 0.15) is 0 Å². The molecule has 10 aromatic rings. The second-order valence-electron chi connectivity index (χ2n) is 11.8. The van der Waals surface area contributed by atoms with Gasteiger partial charge in [-0.15, -0.1) is 11.3 Å². The van der Waals surface area contributed by atoms with Crippen LogP contribution in [0.15, 0.2) is 158 Å². The molecule has 0 spiro atoms. The van der Waals surface area contributed by atoms with Gasteiger partial charge in [0.2, 0.25) is 0 Å². The Bertz CT molecular complexity index is 2740. The Balaban J connectivity index is 1.22. The van der Waals surface area contributed by atoms with Crippen LogP contribution >= 0.6 is 11.3 Å². The van der Waals surface area contributed by atoms with Crippen molar-refractivity contribution in [2.75, 3.05) is 0 Å². The average molecular weight is 591 g/mol. The third-order valence-electron chi connectivity index (χ3n) is 9.32. The molecule has 45 heavy (non-hydrogen) atoms. The van der Waals surface area contributed by atoms with E-state index in [1.54, 1.807) is 0 Å². The molecular formula is C42H26N2S. The van der Waals surface area contributed by atoms with Gasteiger partial charge in [0.05, 0.1) is 22.1 Å². The molecule has 3 heterocycles. The number of para-hydroxylation sites is 3. The fourth-order valence-corrected chi connectivity index (χ4v) is 8.57. The lowest BCUT2D eigenvalue weighted by Crippen LogP contribution is -1.95. The third-order valence-corrected chi connectivity index (χ3v) is 10.5. The maximum Gasteiger partial charge on any atom is 0.0562 e. The first-order valence-corrected chi connectivity index (χ1v) is 16.2. The highest BCUT2D eigenvalue weighted by molar-refractivity contribution is 7.26. The van der Waals surface area contributed by atoms with Gasteiger partial charge < -0.3 is 9.13 Å². The number of aromatic nitrogens is 2. The lowest BCUT2D eigenvalue weighted by atomic mass is 10.0. The van der Waals surface area contributed by atoms with Gasteiger partial charge in [-0.2, -0.15) is 0 Å². The highest BCUT2D eigenvalue weighted by Gasteiger charge is 2.18. The monoisotopic (exact) mass is 590 g/mol. The lowest BCUT2D eigenvalue weighted by Gasteiger charge is -2.11. The van der Waals surface area contributed by atoms with Crippen LogP contribution in [0.2, 0.25) is 0 Å². The second-order valence-corrected chi connectivity index (χ2v) is 12.8. The van der Waals surface area contributed by atoms with E-state index in [1.165, 1.54) is 80.6 Å². The summed E-state index contributed by atoms with van der Waals surface area (Å²) in [5.41, 5.74) is 9.73. The van der Waals surface area contributed by atoms with E-state index in [2.05, 4.69) is 167 Å². The Kier molecular flexibility index (Phi) is 5.19. The van der Waals surface area contributed by atoms with Crippen molar-refractivity contribution in [2.24, 2.45) is 0 Å². The van der Waals surface area contributed by atoms with Crippen LogP contribution in [0.25, 0.3) is 86.3 Å². The zero-order chi connectivity index (χ0) is 29.5. The maximum absolute atomic E-state index is 2.43. The van der Waals surface area contributed by atoms with Crippen molar-refractivity contribution < 1.29 is 0 Å². The summed E-state index contributed by atoms with van der Waals surface area (Å²) < 4.78 is 7.52. The normalized spacial score (nSPS) is 12.0. The van der Waals surface area contributed by atoms with Crippen molar-refractivity contribution in [3.05, 3.63) is 158 Å². The van der Waals surface area contributed by atoms with Gasteiger partial charge in [0.1, 0.15) is 0 Å². The number of benzene rings is 7. The number of nitrogens with zero attached hydrogens (tertiary/aromatic N) is 2. The summed E-state index contributed by atoms with van der Waals surface area (Å²) in [7, 11) is 0. The molecule has 0 N–H and O–H groups in total.